The summed E-state index contributed by atoms with van der Waals surface area (Å²) in [6.07, 6.45) is -11.1. The van der Waals surface area contributed by atoms with E-state index in [1.807, 2.05) is 0 Å². The monoisotopic (exact) mass is 408 g/mol. The Labute approximate surface area is 155 Å². The second kappa shape index (κ2) is 7.99. The van der Waals surface area contributed by atoms with Crippen LogP contribution in [0.5, 0.6) is 0 Å². The molecule has 10 heteroatoms. The zero-order valence-electron chi connectivity index (χ0n) is 14.6. The zero-order chi connectivity index (χ0) is 21.1. The van der Waals surface area contributed by atoms with Crippen molar-refractivity contribution in [2.24, 2.45) is 0 Å². The summed E-state index contributed by atoms with van der Waals surface area (Å²) in [5.74, 6) is -2.63. The quantitative estimate of drug-likeness (QED) is 0.525. The predicted octanol–water partition coefficient (Wildman–Crippen LogP) is 4.90. The van der Waals surface area contributed by atoms with Crippen molar-refractivity contribution in [1.82, 2.24) is 0 Å². The van der Waals surface area contributed by atoms with Gasteiger partial charge in [0.2, 0.25) is 0 Å². The van der Waals surface area contributed by atoms with Crippen LogP contribution in [0.25, 0.3) is 5.76 Å². The number of esters is 1. The minimum absolute atomic E-state index is 0.182. The number of carbonyl (C=O) groups is 1. The van der Waals surface area contributed by atoms with Gasteiger partial charge < -0.3 is 14.2 Å². The van der Waals surface area contributed by atoms with Gasteiger partial charge in [0.15, 0.2) is 0 Å². The van der Waals surface area contributed by atoms with Gasteiger partial charge in [-0.25, -0.2) is 4.79 Å². The summed E-state index contributed by atoms with van der Waals surface area (Å²) >= 11 is 0. The molecule has 0 saturated heterocycles. The molecule has 1 heterocycles. The highest BCUT2D eigenvalue weighted by atomic mass is 19.4. The van der Waals surface area contributed by atoms with Crippen molar-refractivity contribution in [2.45, 2.75) is 19.3 Å². The van der Waals surface area contributed by atoms with Gasteiger partial charge in [0.1, 0.15) is 16.9 Å². The van der Waals surface area contributed by atoms with E-state index in [9.17, 15) is 31.1 Å². The number of alkyl halides is 6. The first-order valence-electron chi connectivity index (χ1n) is 7.80. The minimum Gasteiger partial charge on any atom is -0.468 e. The van der Waals surface area contributed by atoms with Crippen molar-refractivity contribution >= 4 is 11.7 Å². The summed E-state index contributed by atoms with van der Waals surface area (Å²) in [6.45, 7) is 1.06. The zero-order valence-corrected chi connectivity index (χ0v) is 14.6. The van der Waals surface area contributed by atoms with E-state index in [0.717, 1.165) is 7.11 Å². The molecule has 0 aliphatic carbocycles. The van der Waals surface area contributed by atoms with Crippen LogP contribution in [-0.2, 0) is 19.0 Å². The van der Waals surface area contributed by atoms with E-state index in [2.05, 4.69) is 4.74 Å². The molecule has 1 aromatic rings. The maximum Gasteiger partial charge on any atom is 0.421 e. The van der Waals surface area contributed by atoms with Crippen LogP contribution in [0.3, 0.4) is 0 Å². The Morgan fingerprint density at radius 3 is 2.07 bits per heavy atom. The van der Waals surface area contributed by atoms with Crippen molar-refractivity contribution in [3.8, 4) is 0 Å². The first-order chi connectivity index (χ1) is 13.0. The van der Waals surface area contributed by atoms with Crippen LogP contribution >= 0.6 is 0 Å². The molecule has 0 aromatic heterocycles. The fraction of sp³-hybridized carbons (Fsp3) is 0.278. The average Bonchev–Trinajstić information content (AvgIpc) is 2.59. The largest absolute Gasteiger partial charge is 0.468 e. The van der Waals surface area contributed by atoms with Crippen molar-refractivity contribution in [3.05, 3.63) is 64.6 Å². The van der Waals surface area contributed by atoms with Crippen molar-refractivity contribution < 1.29 is 45.3 Å². The van der Waals surface area contributed by atoms with Crippen LogP contribution in [0.2, 0.25) is 0 Å². The van der Waals surface area contributed by atoms with Gasteiger partial charge in [-0.1, -0.05) is 30.3 Å². The second-order valence-corrected chi connectivity index (χ2v) is 5.35. The Balaban J connectivity index is 2.86. The second-order valence-electron chi connectivity index (χ2n) is 5.35. The van der Waals surface area contributed by atoms with E-state index in [1.165, 1.54) is 31.2 Å². The number of ether oxygens (including phenoxy) is 3. The van der Waals surface area contributed by atoms with Crippen LogP contribution in [0.15, 0.2) is 59.1 Å². The molecule has 152 valence electrons. The average molecular weight is 408 g/mol. The standard InChI is InChI=1S/C18H14F6O4/c1-3-27-15(25)13-11(14(17(19,20)21)18(22,23)24)9-12(28-16(13)26-2)10-7-5-4-6-8-10/h4-9H,3H2,1-2H3. The fourth-order valence-corrected chi connectivity index (χ4v) is 2.44. The number of halogens is 6. The highest BCUT2D eigenvalue weighted by Crippen LogP contribution is 2.45. The molecule has 0 N–H and O–H groups in total. The highest BCUT2D eigenvalue weighted by Gasteiger charge is 2.54. The molecular weight excluding hydrogens is 394 g/mol. The molecule has 0 amide bonds. The van der Waals surface area contributed by atoms with Gasteiger partial charge in [0.05, 0.1) is 13.7 Å². The Morgan fingerprint density at radius 2 is 1.61 bits per heavy atom. The summed E-state index contributed by atoms with van der Waals surface area (Å²) in [7, 11) is 0.945. The number of hydrogen-bond acceptors (Lipinski definition) is 4. The lowest BCUT2D eigenvalue weighted by Gasteiger charge is -2.25. The van der Waals surface area contributed by atoms with Gasteiger partial charge in [-0.3, -0.25) is 0 Å². The molecule has 0 radical (unpaired) electrons. The molecule has 1 aliphatic rings. The molecule has 2 rings (SSSR count). The summed E-state index contributed by atoms with van der Waals surface area (Å²) in [4.78, 5) is 12.1. The minimum atomic E-state index is -5.81. The molecule has 0 fully saturated rings. The van der Waals surface area contributed by atoms with Crippen molar-refractivity contribution in [3.63, 3.8) is 0 Å². The van der Waals surface area contributed by atoms with Gasteiger partial charge in [-0.15, -0.1) is 0 Å². The van der Waals surface area contributed by atoms with E-state index in [4.69, 9.17) is 9.47 Å². The molecular formula is C18H14F6O4. The third-order valence-electron chi connectivity index (χ3n) is 3.51. The number of carbonyl (C=O) groups excluding carboxylic acids is 1. The summed E-state index contributed by atoms with van der Waals surface area (Å²) in [5, 5.41) is 0. The van der Waals surface area contributed by atoms with Gasteiger partial charge in [-0.05, 0) is 13.0 Å². The molecule has 1 aromatic carbocycles. The fourth-order valence-electron chi connectivity index (χ4n) is 2.44. The van der Waals surface area contributed by atoms with Gasteiger partial charge >= 0.3 is 18.3 Å². The molecule has 28 heavy (non-hydrogen) atoms. The van der Waals surface area contributed by atoms with E-state index in [0.29, 0.717) is 6.08 Å². The van der Waals surface area contributed by atoms with Gasteiger partial charge in [0, 0.05) is 11.1 Å². The Kier molecular flexibility index (Phi) is 6.10. The Bertz CT molecular complexity index is 816. The smallest absolute Gasteiger partial charge is 0.421 e. The topological polar surface area (TPSA) is 44.8 Å². The summed E-state index contributed by atoms with van der Waals surface area (Å²) < 4.78 is 94.6. The molecule has 0 saturated carbocycles. The number of rotatable bonds is 4. The molecule has 4 nitrogen and oxygen atoms in total. The SMILES string of the molecule is CCOC(=O)C1=C(OC)OC(c2ccccc2)=CC1=C(C(F)(F)F)C(F)(F)F. The Hall–Kier alpha value is -2.91. The number of benzene rings is 1. The van der Waals surface area contributed by atoms with E-state index in [-0.39, 0.29) is 17.9 Å². The van der Waals surface area contributed by atoms with E-state index >= 15 is 0 Å². The van der Waals surface area contributed by atoms with E-state index in [1.54, 1.807) is 6.07 Å². The first kappa shape index (κ1) is 21.4. The lowest BCUT2D eigenvalue weighted by atomic mass is 9.95. The van der Waals surface area contributed by atoms with Crippen molar-refractivity contribution in [1.29, 1.82) is 0 Å². The molecule has 0 unspecified atom stereocenters. The molecule has 0 atom stereocenters. The van der Waals surface area contributed by atoms with Gasteiger partial charge in [-0.2, -0.15) is 26.3 Å². The molecule has 0 bridgehead atoms. The van der Waals surface area contributed by atoms with Crippen LogP contribution in [0, 0.1) is 0 Å². The Morgan fingerprint density at radius 1 is 1.04 bits per heavy atom. The third-order valence-corrected chi connectivity index (χ3v) is 3.51. The maximum atomic E-state index is 13.3. The van der Waals surface area contributed by atoms with Crippen molar-refractivity contribution in [2.75, 3.05) is 13.7 Å². The summed E-state index contributed by atoms with van der Waals surface area (Å²) in [6, 6.07) is 7.43. The lowest BCUT2D eigenvalue weighted by molar-refractivity contribution is -0.172. The number of methoxy groups -OCH3 is 1. The summed E-state index contributed by atoms with van der Waals surface area (Å²) in [5.41, 5.74) is -5.23. The predicted molar refractivity (Wildman–Crippen MR) is 85.3 cm³/mol. The highest BCUT2D eigenvalue weighted by molar-refractivity contribution is 5.97. The molecule has 0 spiro atoms. The normalized spacial score (nSPS) is 15.0. The van der Waals surface area contributed by atoms with Crippen LogP contribution in [0.1, 0.15) is 12.5 Å². The van der Waals surface area contributed by atoms with Crippen LogP contribution < -0.4 is 0 Å². The van der Waals surface area contributed by atoms with Crippen LogP contribution in [0.4, 0.5) is 26.3 Å². The van der Waals surface area contributed by atoms with Crippen LogP contribution in [-0.4, -0.2) is 32.0 Å². The molecule has 1 aliphatic heterocycles. The number of hydrogen-bond donors (Lipinski definition) is 0. The number of allylic oxidation sites excluding steroid dienone is 2. The first-order valence-corrected chi connectivity index (χ1v) is 7.80. The maximum absolute atomic E-state index is 13.3. The van der Waals surface area contributed by atoms with Gasteiger partial charge in [0.25, 0.3) is 5.95 Å². The van der Waals surface area contributed by atoms with E-state index < -0.39 is 41.0 Å². The third kappa shape index (κ3) is 4.49. The lowest BCUT2D eigenvalue weighted by Crippen LogP contribution is -2.30.